The summed E-state index contributed by atoms with van der Waals surface area (Å²) in [6.07, 6.45) is 0. The first kappa shape index (κ1) is 16.3. The SMILES string of the molecule is CN(Cc1cc2n(n1)CCN(c1ccc(F)cc1)C2=O)c1ccccc1. The summed E-state index contributed by atoms with van der Waals surface area (Å²) in [5, 5.41) is 4.58. The minimum atomic E-state index is -0.311. The number of nitrogens with zero attached hydrogens (tertiary/aromatic N) is 4. The molecular formula is C20H19FN4O. The topological polar surface area (TPSA) is 41.4 Å². The van der Waals surface area contributed by atoms with Crippen molar-refractivity contribution in [2.75, 3.05) is 23.4 Å². The predicted octanol–water partition coefficient (Wildman–Crippen LogP) is 3.32. The fourth-order valence-electron chi connectivity index (χ4n) is 3.21. The third-order valence-electron chi connectivity index (χ3n) is 4.56. The van der Waals surface area contributed by atoms with E-state index in [1.54, 1.807) is 21.7 Å². The van der Waals surface area contributed by atoms with Gasteiger partial charge in [-0.05, 0) is 42.5 Å². The maximum absolute atomic E-state index is 13.1. The maximum atomic E-state index is 13.1. The number of para-hydroxylation sites is 1. The van der Waals surface area contributed by atoms with Gasteiger partial charge in [0, 0.05) is 25.0 Å². The molecule has 0 radical (unpaired) electrons. The van der Waals surface area contributed by atoms with Crippen LogP contribution >= 0.6 is 0 Å². The standard InChI is InChI=1S/C20H19FN4O/c1-23(17-5-3-2-4-6-17)14-16-13-19-20(26)24(11-12-25(19)22-16)18-9-7-15(21)8-10-18/h2-10,13H,11-12,14H2,1H3. The highest BCUT2D eigenvalue weighted by Gasteiger charge is 2.27. The van der Waals surface area contributed by atoms with Gasteiger partial charge in [0.25, 0.3) is 5.91 Å². The Kier molecular flexibility index (Phi) is 4.16. The van der Waals surface area contributed by atoms with Crippen molar-refractivity contribution in [3.63, 3.8) is 0 Å². The summed E-state index contributed by atoms with van der Waals surface area (Å²) in [7, 11) is 2.00. The van der Waals surface area contributed by atoms with Gasteiger partial charge in [0.05, 0.1) is 18.8 Å². The molecule has 0 unspecified atom stereocenters. The highest BCUT2D eigenvalue weighted by Crippen LogP contribution is 2.23. The molecule has 0 fully saturated rings. The highest BCUT2D eigenvalue weighted by molar-refractivity contribution is 6.05. The molecule has 0 aliphatic carbocycles. The lowest BCUT2D eigenvalue weighted by Gasteiger charge is -2.27. The Bertz CT molecular complexity index is 921. The van der Waals surface area contributed by atoms with Crippen LogP contribution in [0.15, 0.2) is 60.7 Å². The van der Waals surface area contributed by atoms with Crippen LogP contribution in [0.5, 0.6) is 0 Å². The summed E-state index contributed by atoms with van der Waals surface area (Å²) in [6.45, 7) is 1.76. The average Bonchev–Trinajstić information content (AvgIpc) is 3.07. The number of rotatable bonds is 4. The number of fused-ring (bicyclic) bond motifs is 1. The van der Waals surface area contributed by atoms with E-state index in [4.69, 9.17) is 0 Å². The molecule has 0 spiro atoms. The van der Waals surface area contributed by atoms with Crippen LogP contribution in [-0.2, 0) is 13.1 Å². The molecule has 132 valence electrons. The molecule has 2 aromatic carbocycles. The zero-order valence-corrected chi connectivity index (χ0v) is 14.5. The quantitative estimate of drug-likeness (QED) is 0.725. The molecule has 1 amide bonds. The Balaban J connectivity index is 1.54. The largest absolute Gasteiger partial charge is 0.369 e. The molecule has 4 rings (SSSR count). The van der Waals surface area contributed by atoms with Gasteiger partial charge >= 0.3 is 0 Å². The number of carbonyl (C=O) groups excluding carboxylic acids is 1. The second-order valence-corrected chi connectivity index (χ2v) is 6.37. The molecule has 0 atom stereocenters. The first-order valence-electron chi connectivity index (χ1n) is 8.52. The Hall–Kier alpha value is -3.15. The zero-order valence-electron chi connectivity index (χ0n) is 14.5. The van der Waals surface area contributed by atoms with Gasteiger partial charge in [0.1, 0.15) is 11.5 Å². The Morgan fingerprint density at radius 3 is 2.54 bits per heavy atom. The minimum Gasteiger partial charge on any atom is -0.369 e. The van der Waals surface area contributed by atoms with E-state index in [1.807, 2.05) is 43.4 Å². The molecule has 1 aromatic heterocycles. The second-order valence-electron chi connectivity index (χ2n) is 6.37. The van der Waals surface area contributed by atoms with Crippen LogP contribution in [0.25, 0.3) is 0 Å². The number of amides is 1. The summed E-state index contributed by atoms with van der Waals surface area (Å²) < 4.78 is 14.9. The summed E-state index contributed by atoms with van der Waals surface area (Å²) in [5.74, 6) is -0.418. The van der Waals surface area contributed by atoms with Crippen molar-refractivity contribution in [1.29, 1.82) is 0 Å². The van der Waals surface area contributed by atoms with Crippen LogP contribution in [-0.4, -0.2) is 29.3 Å². The van der Waals surface area contributed by atoms with Crippen LogP contribution in [0.3, 0.4) is 0 Å². The smallest absolute Gasteiger partial charge is 0.276 e. The molecule has 0 saturated carbocycles. The normalized spacial score (nSPS) is 13.6. The summed E-state index contributed by atoms with van der Waals surface area (Å²) in [5.41, 5.74) is 3.21. The molecule has 3 aromatic rings. The average molecular weight is 350 g/mol. The van der Waals surface area contributed by atoms with Crippen LogP contribution in [0.2, 0.25) is 0 Å². The van der Waals surface area contributed by atoms with E-state index in [-0.39, 0.29) is 11.7 Å². The lowest BCUT2D eigenvalue weighted by Crippen LogP contribution is -2.40. The van der Waals surface area contributed by atoms with Crippen molar-refractivity contribution >= 4 is 17.3 Å². The lowest BCUT2D eigenvalue weighted by molar-refractivity contribution is 0.0962. The Labute approximate surface area is 151 Å². The molecule has 2 heterocycles. The lowest BCUT2D eigenvalue weighted by atomic mass is 10.2. The molecular weight excluding hydrogens is 331 g/mol. The molecule has 1 aliphatic heterocycles. The molecule has 6 heteroatoms. The van der Waals surface area contributed by atoms with Crippen LogP contribution in [0.4, 0.5) is 15.8 Å². The second kappa shape index (κ2) is 6.63. The first-order valence-corrected chi connectivity index (χ1v) is 8.52. The monoisotopic (exact) mass is 350 g/mol. The van der Waals surface area contributed by atoms with Crippen LogP contribution < -0.4 is 9.80 Å². The minimum absolute atomic E-state index is 0.107. The molecule has 0 N–H and O–H groups in total. The van der Waals surface area contributed by atoms with E-state index in [9.17, 15) is 9.18 Å². The van der Waals surface area contributed by atoms with Crippen molar-refractivity contribution in [3.05, 3.63) is 77.9 Å². The summed E-state index contributed by atoms with van der Waals surface area (Å²) in [4.78, 5) is 16.6. The number of benzene rings is 2. The van der Waals surface area contributed by atoms with Gasteiger partial charge in [0.2, 0.25) is 0 Å². The van der Waals surface area contributed by atoms with Gasteiger partial charge in [-0.2, -0.15) is 5.10 Å². The number of anilines is 2. The van der Waals surface area contributed by atoms with Crippen LogP contribution in [0, 0.1) is 5.82 Å². The number of hydrogen-bond donors (Lipinski definition) is 0. The van der Waals surface area contributed by atoms with Crippen molar-refractivity contribution in [2.45, 2.75) is 13.1 Å². The Morgan fingerprint density at radius 2 is 1.81 bits per heavy atom. The van der Waals surface area contributed by atoms with Gasteiger partial charge in [0.15, 0.2) is 0 Å². The fourth-order valence-corrected chi connectivity index (χ4v) is 3.21. The van der Waals surface area contributed by atoms with Gasteiger partial charge in [-0.15, -0.1) is 0 Å². The fraction of sp³-hybridized carbons (Fsp3) is 0.200. The van der Waals surface area contributed by atoms with E-state index < -0.39 is 0 Å². The van der Waals surface area contributed by atoms with E-state index in [1.165, 1.54) is 12.1 Å². The van der Waals surface area contributed by atoms with Crippen LogP contribution in [0.1, 0.15) is 16.2 Å². The summed E-state index contributed by atoms with van der Waals surface area (Å²) >= 11 is 0. The molecule has 0 bridgehead atoms. The van der Waals surface area contributed by atoms with E-state index in [0.29, 0.717) is 31.0 Å². The molecule has 1 aliphatic rings. The molecule has 0 saturated heterocycles. The van der Waals surface area contributed by atoms with Gasteiger partial charge in [-0.1, -0.05) is 18.2 Å². The third kappa shape index (κ3) is 3.06. The van der Waals surface area contributed by atoms with E-state index in [0.717, 1.165) is 11.4 Å². The number of carbonyl (C=O) groups is 1. The number of aromatic nitrogens is 2. The van der Waals surface area contributed by atoms with Crippen molar-refractivity contribution in [1.82, 2.24) is 9.78 Å². The van der Waals surface area contributed by atoms with Gasteiger partial charge < -0.3 is 9.80 Å². The predicted molar refractivity (Wildman–Crippen MR) is 98.9 cm³/mol. The molecule has 26 heavy (non-hydrogen) atoms. The van der Waals surface area contributed by atoms with Gasteiger partial charge in [-0.25, -0.2) is 4.39 Å². The Morgan fingerprint density at radius 1 is 1.08 bits per heavy atom. The zero-order chi connectivity index (χ0) is 18.1. The summed E-state index contributed by atoms with van der Waals surface area (Å²) in [6, 6.07) is 17.9. The van der Waals surface area contributed by atoms with Crippen molar-refractivity contribution in [2.24, 2.45) is 0 Å². The van der Waals surface area contributed by atoms with Gasteiger partial charge in [-0.3, -0.25) is 9.48 Å². The van der Waals surface area contributed by atoms with E-state index in [2.05, 4.69) is 10.00 Å². The highest BCUT2D eigenvalue weighted by atomic mass is 19.1. The first-order chi connectivity index (χ1) is 12.6. The van der Waals surface area contributed by atoms with Crippen molar-refractivity contribution < 1.29 is 9.18 Å². The van der Waals surface area contributed by atoms with Crippen molar-refractivity contribution in [3.8, 4) is 0 Å². The number of halogens is 1. The third-order valence-corrected chi connectivity index (χ3v) is 4.56. The molecule has 5 nitrogen and oxygen atoms in total. The maximum Gasteiger partial charge on any atom is 0.276 e. The van der Waals surface area contributed by atoms with E-state index >= 15 is 0 Å². The number of hydrogen-bond acceptors (Lipinski definition) is 3.